The Bertz CT molecular complexity index is 245. The molecule has 0 saturated heterocycles. The first kappa shape index (κ1) is 9.07. The fourth-order valence-electron chi connectivity index (χ4n) is 1.25. The second-order valence-electron chi connectivity index (χ2n) is 2.97. The summed E-state index contributed by atoms with van der Waals surface area (Å²) in [6, 6.07) is 7.24. The molecule has 0 fully saturated rings. The number of hydrogen-bond acceptors (Lipinski definition) is 2. The average Bonchev–Trinajstić information content (AvgIpc) is 2.05. The van der Waals surface area contributed by atoms with Crippen LogP contribution in [0.5, 0.6) is 5.75 Å². The SMILES string of the molecule is C[C@@H](CCO)c1ccccc1O. The molecule has 2 heteroatoms. The minimum absolute atomic E-state index is 0.162. The van der Waals surface area contributed by atoms with Crippen LogP contribution in [0.15, 0.2) is 24.3 Å². The van der Waals surface area contributed by atoms with E-state index in [1.807, 2.05) is 19.1 Å². The Morgan fingerprint density at radius 2 is 2.00 bits per heavy atom. The van der Waals surface area contributed by atoms with Gasteiger partial charge in [-0.05, 0) is 24.0 Å². The van der Waals surface area contributed by atoms with Crippen LogP contribution in [0.4, 0.5) is 0 Å². The number of para-hydroxylation sites is 1. The summed E-state index contributed by atoms with van der Waals surface area (Å²) < 4.78 is 0. The van der Waals surface area contributed by atoms with Gasteiger partial charge in [-0.15, -0.1) is 0 Å². The van der Waals surface area contributed by atoms with Crippen LogP contribution in [0.2, 0.25) is 0 Å². The molecule has 1 aromatic rings. The maximum Gasteiger partial charge on any atom is 0.119 e. The largest absolute Gasteiger partial charge is 0.508 e. The van der Waals surface area contributed by atoms with E-state index in [0.717, 1.165) is 5.56 Å². The quantitative estimate of drug-likeness (QED) is 0.719. The molecule has 1 rings (SSSR count). The van der Waals surface area contributed by atoms with Gasteiger partial charge in [0.15, 0.2) is 0 Å². The number of rotatable bonds is 3. The second-order valence-corrected chi connectivity index (χ2v) is 2.97. The summed E-state index contributed by atoms with van der Waals surface area (Å²) >= 11 is 0. The van der Waals surface area contributed by atoms with Gasteiger partial charge in [0, 0.05) is 6.61 Å². The average molecular weight is 166 g/mol. The third kappa shape index (κ3) is 1.98. The van der Waals surface area contributed by atoms with Crippen molar-refractivity contribution < 1.29 is 10.2 Å². The topological polar surface area (TPSA) is 40.5 Å². The van der Waals surface area contributed by atoms with Gasteiger partial charge in [0.25, 0.3) is 0 Å². The predicted octanol–water partition coefficient (Wildman–Crippen LogP) is 1.88. The van der Waals surface area contributed by atoms with Gasteiger partial charge < -0.3 is 10.2 Å². The molecular weight excluding hydrogens is 152 g/mol. The molecule has 0 aliphatic carbocycles. The van der Waals surface area contributed by atoms with Crippen LogP contribution in [0.3, 0.4) is 0 Å². The second kappa shape index (κ2) is 4.12. The zero-order valence-corrected chi connectivity index (χ0v) is 7.20. The van der Waals surface area contributed by atoms with Gasteiger partial charge in [-0.1, -0.05) is 25.1 Å². The first-order valence-corrected chi connectivity index (χ1v) is 4.14. The van der Waals surface area contributed by atoms with Crippen LogP contribution in [0.25, 0.3) is 0 Å². The lowest BCUT2D eigenvalue weighted by Crippen LogP contribution is -1.96. The van der Waals surface area contributed by atoms with Crippen LogP contribution >= 0.6 is 0 Å². The summed E-state index contributed by atoms with van der Waals surface area (Å²) in [6.07, 6.45) is 0.692. The molecule has 0 aliphatic heterocycles. The minimum atomic E-state index is 0.162. The van der Waals surface area contributed by atoms with Gasteiger partial charge in [0.2, 0.25) is 0 Å². The lowest BCUT2D eigenvalue weighted by Gasteiger charge is -2.11. The van der Waals surface area contributed by atoms with Crippen molar-refractivity contribution in [2.75, 3.05) is 6.61 Å². The van der Waals surface area contributed by atoms with Gasteiger partial charge in [-0.3, -0.25) is 0 Å². The molecule has 0 aromatic heterocycles. The summed E-state index contributed by atoms with van der Waals surface area (Å²) in [6.45, 7) is 2.15. The summed E-state index contributed by atoms with van der Waals surface area (Å²) in [5.74, 6) is 0.537. The molecule has 0 saturated carbocycles. The summed E-state index contributed by atoms with van der Waals surface area (Å²) in [7, 11) is 0. The molecule has 0 amide bonds. The Labute approximate surface area is 72.5 Å². The van der Waals surface area contributed by atoms with Crippen molar-refractivity contribution in [1.29, 1.82) is 0 Å². The molecule has 2 N–H and O–H groups in total. The third-order valence-corrected chi connectivity index (χ3v) is 2.03. The number of aliphatic hydroxyl groups excluding tert-OH is 1. The van der Waals surface area contributed by atoms with Gasteiger partial charge in [-0.25, -0.2) is 0 Å². The van der Waals surface area contributed by atoms with Gasteiger partial charge in [0.05, 0.1) is 0 Å². The molecule has 0 heterocycles. The van der Waals surface area contributed by atoms with Crippen molar-refractivity contribution in [3.05, 3.63) is 29.8 Å². The maximum atomic E-state index is 9.43. The highest BCUT2D eigenvalue weighted by molar-refractivity contribution is 5.34. The van der Waals surface area contributed by atoms with Crippen LogP contribution < -0.4 is 0 Å². The number of phenols is 1. The van der Waals surface area contributed by atoms with Crippen molar-refractivity contribution in [2.45, 2.75) is 19.3 Å². The zero-order valence-electron chi connectivity index (χ0n) is 7.20. The Kier molecular flexibility index (Phi) is 3.11. The summed E-state index contributed by atoms with van der Waals surface area (Å²) in [5, 5.41) is 18.1. The van der Waals surface area contributed by atoms with Crippen LogP contribution in [0.1, 0.15) is 24.8 Å². The van der Waals surface area contributed by atoms with Crippen LogP contribution in [-0.4, -0.2) is 16.8 Å². The minimum Gasteiger partial charge on any atom is -0.508 e. The molecule has 1 aromatic carbocycles. The molecule has 1 atom stereocenters. The van der Waals surface area contributed by atoms with E-state index >= 15 is 0 Å². The van der Waals surface area contributed by atoms with Crippen LogP contribution in [0, 0.1) is 0 Å². The highest BCUT2D eigenvalue weighted by Crippen LogP contribution is 2.26. The first-order chi connectivity index (χ1) is 5.75. The first-order valence-electron chi connectivity index (χ1n) is 4.14. The standard InChI is InChI=1S/C10H14O2/c1-8(6-7-11)9-4-2-3-5-10(9)12/h2-5,8,11-12H,6-7H2,1H3/t8-/m0/s1. The lowest BCUT2D eigenvalue weighted by atomic mass is 9.97. The zero-order chi connectivity index (χ0) is 8.97. The fourth-order valence-corrected chi connectivity index (χ4v) is 1.25. The van der Waals surface area contributed by atoms with E-state index in [9.17, 15) is 5.11 Å². The molecule has 66 valence electrons. The number of aliphatic hydroxyl groups is 1. The Morgan fingerprint density at radius 3 is 2.58 bits per heavy atom. The number of benzene rings is 1. The van der Waals surface area contributed by atoms with Crippen molar-refractivity contribution >= 4 is 0 Å². The van der Waals surface area contributed by atoms with Crippen molar-refractivity contribution in [1.82, 2.24) is 0 Å². The molecule has 0 unspecified atom stereocenters. The highest BCUT2D eigenvalue weighted by atomic mass is 16.3. The Hall–Kier alpha value is -1.02. The lowest BCUT2D eigenvalue weighted by molar-refractivity contribution is 0.277. The molecule has 2 nitrogen and oxygen atoms in total. The normalized spacial score (nSPS) is 12.8. The monoisotopic (exact) mass is 166 g/mol. The van der Waals surface area contributed by atoms with E-state index in [0.29, 0.717) is 12.2 Å². The van der Waals surface area contributed by atoms with Crippen molar-refractivity contribution in [2.24, 2.45) is 0 Å². The molecule has 0 spiro atoms. The van der Waals surface area contributed by atoms with Gasteiger partial charge in [-0.2, -0.15) is 0 Å². The molecule has 12 heavy (non-hydrogen) atoms. The van der Waals surface area contributed by atoms with Gasteiger partial charge >= 0.3 is 0 Å². The van der Waals surface area contributed by atoms with Crippen molar-refractivity contribution in [3.63, 3.8) is 0 Å². The smallest absolute Gasteiger partial charge is 0.119 e. The predicted molar refractivity (Wildman–Crippen MR) is 48.2 cm³/mol. The van der Waals surface area contributed by atoms with E-state index in [2.05, 4.69) is 0 Å². The number of phenolic OH excluding ortho intramolecular Hbond substituents is 1. The fraction of sp³-hybridized carbons (Fsp3) is 0.400. The van der Waals surface area contributed by atoms with E-state index in [1.165, 1.54) is 0 Å². The summed E-state index contributed by atoms with van der Waals surface area (Å²) in [5.41, 5.74) is 0.909. The molecule has 0 radical (unpaired) electrons. The number of aromatic hydroxyl groups is 1. The molecule has 0 bridgehead atoms. The molecular formula is C10H14O2. The van der Waals surface area contributed by atoms with E-state index in [-0.39, 0.29) is 12.5 Å². The third-order valence-electron chi connectivity index (χ3n) is 2.03. The maximum absolute atomic E-state index is 9.43. The highest BCUT2D eigenvalue weighted by Gasteiger charge is 2.07. The Morgan fingerprint density at radius 1 is 1.33 bits per heavy atom. The molecule has 0 aliphatic rings. The Balaban J connectivity index is 2.79. The summed E-state index contributed by atoms with van der Waals surface area (Å²) in [4.78, 5) is 0. The van der Waals surface area contributed by atoms with E-state index in [1.54, 1.807) is 12.1 Å². The van der Waals surface area contributed by atoms with E-state index in [4.69, 9.17) is 5.11 Å². The number of hydrogen-bond donors (Lipinski definition) is 2. The van der Waals surface area contributed by atoms with Crippen LogP contribution in [-0.2, 0) is 0 Å². The van der Waals surface area contributed by atoms with E-state index < -0.39 is 0 Å². The van der Waals surface area contributed by atoms with Crippen molar-refractivity contribution in [3.8, 4) is 5.75 Å². The van der Waals surface area contributed by atoms with Gasteiger partial charge in [0.1, 0.15) is 5.75 Å².